The quantitative estimate of drug-likeness (QED) is 0.816. The van der Waals surface area contributed by atoms with E-state index in [1.807, 2.05) is 26.8 Å². The van der Waals surface area contributed by atoms with Gasteiger partial charge >= 0.3 is 0 Å². The summed E-state index contributed by atoms with van der Waals surface area (Å²) >= 11 is 0. The molecule has 1 atom stereocenters. The van der Waals surface area contributed by atoms with Gasteiger partial charge in [0.15, 0.2) is 0 Å². The van der Waals surface area contributed by atoms with E-state index in [0.29, 0.717) is 43.3 Å². The molecule has 3 rings (SSSR count). The summed E-state index contributed by atoms with van der Waals surface area (Å²) in [6.07, 6.45) is 4.62. The molecule has 1 saturated heterocycles. The number of nitrogens with one attached hydrogen (secondary N) is 1. The summed E-state index contributed by atoms with van der Waals surface area (Å²) < 4.78 is 5.36. The van der Waals surface area contributed by atoms with E-state index in [4.69, 9.17) is 10.2 Å². The largest absolute Gasteiger partial charge is 0.467 e. The summed E-state index contributed by atoms with van der Waals surface area (Å²) in [4.78, 5) is 35.4. The molecule has 1 aliphatic rings. The SMILES string of the molecule is CC(C)(C)c1ncc(C(=O)N2CCCC(C(N)=O)C2)c(NCc2ccco2)n1. The van der Waals surface area contributed by atoms with Gasteiger partial charge in [0.1, 0.15) is 23.0 Å². The highest BCUT2D eigenvalue weighted by molar-refractivity contribution is 5.98. The maximum Gasteiger partial charge on any atom is 0.259 e. The molecule has 2 amide bonds. The lowest BCUT2D eigenvalue weighted by Gasteiger charge is -2.31. The smallest absolute Gasteiger partial charge is 0.259 e. The number of nitrogens with two attached hydrogens (primary N) is 1. The first-order valence-corrected chi connectivity index (χ1v) is 9.48. The Bertz CT molecular complexity index is 842. The molecule has 2 aromatic rings. The number of carbonyl (C=O) groups is 2. The van der Waals surface area contributed by atoms with Gasteiger partial charge in [0.05, 0.1) is 18.7 Å². The molecule has 0 saturated carbocycles. The minimum absolute atomic E-state index is 0.201. The van der Waals surface area contributed by atoms with Crippen LogP contribution in [0.4, 0.5) is 5.82 Å². The summed E-state index contributed by atoms with van der Waals surface area (Å²) in [6.45, 7) is 7.36. The molecule has 150 valence electrons. The van der Waals surface area contributed by atoms with Crippen LogP contribution in [0.5, 0.6) is 0 Å². The summed E-state index contributed by atoms with van der Waals surface area (Å²) in [5.74, 6) is 0.955. The molecule has 0 aromatic carbocycles. The number of rotatable bonds is 5. The number of piperidine rings is 1. The minimum atomic E-state index is -0.368. The maximum atomic E-state index is 13.1. The molecule has 3 heterocycles. The van der Waals surface area contributed by atoms with Gasteiger partial charge in [-0.05, 0) is 25.0 Å². The lowest BCUT2D eigenvalue weighted by atomic mass is 9.95. The van der Waals surface area contributed by atoms with E-state index in [1.165, 1.54) is 0 Å². The van der Waals surface area contributed by atoms with Crippen molar-refractivity contribution in [3.63, 3.8) is 0 Å². The first kappa shape index (κ1) is 19.9. The van der Waals surface area contributed by atoms with Crippen molar-refractivity contribution in [2.45, 2.75) is 45.6 Å². The number of anilines is 1. The second-order valence-electron chi connectivity index (χ2n) is 8.13. The van der Waals surface area contributed by atoms with E-state index >= 15 is 0 Å². The van der Waals surface area contributed by atoms with Crippen LogP contribution in [0.3, 0.4) is 0 Å². The molecule has 1 aliphatic heterocycles. The highest BCUT2D eigenvalue weighted by atomic mass is 16.3. The maximum absolute atomic E-state index is 13.1. The zero-order valence-corrected chi connectivity index (χ0v) is 16.6. The highest BCUT2D eigenvalue weighted by Crippen LogP contribution is 2.25. The third-order valence-corrected chi connectivity index (χ3v) is 4.81. The number of likely N-dealkylation sites (tertiary alicyclic amines) is 1. The predicted octanol–water partition coefficient (Wildman–Crippen LogP) is 2.32. The van der Waals surface area contributed by atoms with Gasteiger partial charge in [-0.2, -0.15) is 0 Å². The molecule has 1 fully saturated rings. The van der Waals surface area contributed by atoms with E-state index in [2.05, 4.69) is 15.3 Å². The van der Waals surface area contributed by atoms with Crippen LogP contribution < -0.4 is 11.1 Å². The van der Waals surface area contributed by atoms with Gasteiger partial charge in [-0.1, -0.05) is 20.8 Å². The van der Waals surface area contributed by atoms with Gasteiger partial charge < -0.3 is 20.4 Å². The molecule has 0 bridgehead atoms. The van der Waals surface area contributed by atoms with Gasteiger partial charge in [-0.15, -0.1) is 0 Å². The van der Waals surface area contributed by atoms with Gasteiger partial charge in [0.25, 0.3) is 5.91 Å². The summed E-state index contributed by atoms with van der Waals surface area (Å²) in [5, 5.41) is 3.20. The van der Waals surface area contributed by atoms with E-state index in [1.54, 1.807) is 23.4 Å². The Balaban J connectivity index is 1.87. The number of hydrogen-bond acceptors (Lipinski definition) is 6. The Labute approximate surface area is 164 Å². The summed E-state index contributed by atoms with van der Waals surface area (Å²) in [6, 6.07) is 3.66. The molecule has 28 heavy (non-hydrogen) atoms. The van der Waals surface area contributed by atoms with Crippen molar-refractivity contribution in [2.24, 2.45) is 11.7 Å². The number of furan rings is 1. The normalized spacial score (nSPS) is 17.4. The van der Waals surface area contributed by atoms with E-state index in [0.717, 1.165) is 12.2 Å². The Morgan fingerprint density at radius 2 is 2.18 bits per heavy atom. The number of carbonyl (C=O) groups excluding carboxylic acids is 2. The van der Waals surface area contributed by atoms with Crippen molar-refractivity contribution in [1.29, 1.82) is 0 Å². The molecular weight excluding hydrogens is 358 g/mol. The third-order valence-electron chi connectivity index (χ3n) is 4.81. The predicted molar refractivity (Wildman–Crippen MR) is 105 cm³/mol. The standard InChI is InChI=1S/C20H27N5O3/c1-20(2,3)19-23-11-15(17(24-19)22-10-14-7-5-9-28-14)18(27)25-8-4-6-13(12-25)16(21)26/h5,7,9,11,13H,4,6,8,10,12H2,1-3H3,(H2,21,26)(H,22,23,24). The molecular formula is C20H27N5O3. The topological polar surface area (TPSA) is 114 Å². The second kappa shape index (κ2) is 8.00. The molecule has 1 unspecified atom stereocenters. The zero-order chi connectivity index (χ0) is 20.3. The lowest BCUT2D eigenvalue weighted by Crippen LogP contribution is -2.44. The number of hydrogen-bond donors (Lipinski definition) is 2. The number of amides is 2. The van der Waals surface area contributed by atoms with Crippen molar-refractivity contribution in [1.82, 2.24) is 14.9 Å². The van der Waals surface area contributed by atoms with Crippen molar-refractivity contribution in [3.05, 3.63) is 41.7 Å². The first-order valence-electron chi connectivity index (χ1n) is 9.48. The molecule has 0 radical (unpaired) electrons. The van der Waals surface area contributed by atoms with Crippen LogP contribution in [0, 0.1) is 5.92 Å². The minimum Gasteiger partial charge on any atom is -0.467 e. The third kappa shape index (κ3) is 4.49. The summed E-state index contributed by atoms with van der Waals surface area (Å²) in [7, 11) is 0. The van der Waals surface area contributed by atoms with Crippen LogP contribution in [-0.2, 0) is 16.8 Å². The second-order valence-corrected chi connectivity index (χ2v) is 8.13. The highest BCUT2D eigenvalue weighted by Gasteiger charge is 2.30. The van der Waals surface area contributed by atoms with E-state index in [9.17, 15) is 9.59 Å². The van der Waals surface area contributed by atoms with Crippen LogP contribution in [0.25, 0.3) is 0 Å². The van der Waals surface area contributed by atoms with Crippen LogP contribution in [-0.4, -0.2) is 39.8 Å². The van der Waals surface area contributed by atoms with Gasteiger partial charge in [-0.25, -0.2) is 9.97 Å². The van der Waals surface area contributed by atoms with E-state index in [-0.39, 0.29) is 23.1 Å². The fourth-order valence-electron chi connectivity index (χ4n) is 3.18. The fraction of sp³-hybridized carbons (Fsp3) is 0.500. The van der Waals surface area contributed by atoms with Crippen molar-refractivity contribution in [3.8, 4) is 0 Å². The number of aromatic nitrogens is 2. The van der Waals surface area contributed by atoms with Crippen molar-refractivity contribution in [2.75, 3.05) is 18.4 Å². The Hall–Kier alpha value is -2.90. The average Bonchev–Trinajstić information content (AvgIpc) is 3.18. The molecule has 0 aliphatic carbocycles. The average molecular weight is 385 g/mol. The van der Waals surface area contributed by atoms with Gasteiger partial charge in [0.2, 0.25) is 5.91 Å². The van der Waals surface area contributed by atoms with Crippen LogP contribution in [0.15, 0.2) is 29.0 Å². The van der Waals surface area contributed by atoms with Gasteiger partial charge in [0, 0.05) is 24.7 Å². The molecule has 2 aromatic heterocycles. The molecule has 8 heteroatoms. The van der Waals surface area contributed by atoms with Crippen molar-refractivity contribution >= 4 is 17.6 Å². The Morgan fingerprint density at radius 1 is 1.39 bits per heavy atom. The van der Waals surface area contributed by atoms with Crippen molar-refractivity contribution < 1.29 is 14.0 Å². The monoisotopic (exact) mass is 385 g/mol. The van der Waals surface area contributed by atoms with Gasteiger partial charge in [-0.3, -0.25) is 9.59 Å². The van der Waals surface area contributed by atoms with Crippen LogP contribution in [0.1, 0.15) is 55.6 Å². The summed E-state index contributed by atoms with van der Waals surface area (Å²) in [5.41, 5.74) is 5.56. The Morgan fingerprint density at radius 3 is 2.82 bits per heavy atom. The van der Waals surface area contributed by atoms with Crippen LogP contribution in [0.2, 0.25) is 0 Å². The molecule has 0 spiro atoms. The lowest BCUT2D eigenvalue weighted by molar-refractivity contribution is -0.123. The Kier molecular flexibility index (Phi) is 5.67. The zero-order valence-electron chi connectivity index (χ0n) is 16.6. The molecule has 3 N–H and O–H groups in total. The fourth-order valence-corrected chi connectivity index (χ4v) is 3.18. The van der Waals surface area contributed by atoms with E-state index < -0.39 is 0 Å². The number of primary amides is 1. The van der Waals surface area contributed by atoms with Crippen LogP contribution >= 0.6 is 0 Å². The number of nitrogens with zero attached hydrogens (tertiary/aromatic N) is 3. The first-order chi connectivity index (χ1) is 13.3. The molecule has 8 nitrogen and oxygen atoms in total.